The second-order valence-electron chi connectivity index (χ2n) is 4.52. The number of sulfonamides is 1. The zero-order valence-corrected chi connectivity index (χ0v) is 14.3. The van der Waals surface area contributed by atoms with Crippen molar-refractivity contribution in [2.45, 2.75) is 31.7 Å². The Hall–Kier alpha value is -0.820. The molecule has 0 aliphatic carbocycles. The number of rotatable bonds is 6. The van der Waals surface area contributed by atoms with E-state index in [0.29, 0.717) is 0 Å². The van der Waals surface area contributed by atoms with Crippen LogP contribution in [0.1, 0.15) is 20.8 Å². The van der Waals surface area contributed by atoms with E-state index in [-0.39, 0.29) is 28.1 Å². The minimum absolute atomic E-state index is 0.0499. The topological polar surface area (TPSA) is 63.7 Å². The maximum absolute atomic E-state index is 12.7. The summed E-state index contributed by atoms with van der Waals surface area (Å²) in [4.78, 5) is 11.5. The third-order valence-electron chi connectivity index (χ3n) is 2.65. The first-order chi connectivity index (χ1) is 9.70. The van der Waals surface area contributed by atoms with Gasteiger partial charge in [0.1, 0.15) is 11.4 Å². The van der Waals surface area contributed by atoms with Crippen LogP contribution in [0, 0.1) is 0 Å². The van der Waals surface area contributed by atoms with E-state index in [1.54, 1.807) is 20.8 Å². The smallest absolute Gasteiger partial charge is 0.321 e. The molecule has 0 radical (unpaired) electrons. The fourth-order valence-electron chi connectivity index (χ4n) is 1.68. The number of carbonyl (C=O) groups is 1. The minimum Gasteiger partial charge on any atom is -0.465 e. The standard InChI is InChI=1S/C13H17Cl2NO4S/c1-4-20-13(17)8-16(9(2)3)21(18,19)12-7-10(14)5-6-11(12)15/h5-7,9H,4,8H2,1-3H3. The molecule has 0 N–H and O–H groups in total. The molecule has 0 heterocycles. The quantitative estimate of drug-likeness (QED) is 0.737. The average Bonchev–Trinajstić information content (AvgIpc) is 2.38. The number of halogens is 2. The number of ether oxygens (including phenoxy) is 1. The largest absolute Gasteiger partial charge is 0.465 e. The Kier molecular flexibility index (Phi) is 6.46. The van der Waals surface area contributed by atoms with E-state index >= 15 is 0 Å². The van der Waals surface area contributed by atoms with Gasteiger partial charge in [-0.3, -0.25) is 4.79 Å². The maximum Gasteiger partial charge on any atom is 0.321 e. The van der Waals surface area contributed by atoms with E-state index in [2.05, 4.69) is 0 Å². The Labute approximate surface area is 134 Å². The molecule has 21 heavy (non-hydrogen) atoms. The zero-order chi connectivity index (χ0) is 16.2. The lowest BCUT2D eigenvalue weighted by Gasteiger charge is -2.25. The van der Waals surface area contributed by atoms with Crippen molar-refractivity contribution in [1.82, 2.24) is 4.31 Å². The molecule has 0 bridgehead atoms. The molecule has 0 saturated carbocycles. The number of benzene rings is 1. The Morgan fingerprint density at radius 3 is 2.48 bits per heavy atom. The van der Waals surface area contributed by atoms with Crippen molar-refractivity contribution in [2.24, 2.45) is 0 Å². The summed E-state index contributed by atoms with van der Waals surface area (Å²) >= 11 is 11.8. The van der Waals surface area contributed by atoms with Crippen LogP contribution in [0.3, 0.4) is 0 Å². The van der Waals surface area contributed by atoms with Crippen LogP contribution >= 0.6 is 23.2 Å². The van der Waals surface area contributed by atoms with Crippen LogP contribution in [-0.4, -0.2) is 37.9 Å². The molecule has 0 unspecified atom stereocenters. The van der Waals surface area contributed by atoms with Crippen LogP contribution < -0.4 is 0 Å². The number of carbonyl (C=O) groups excluding carboxylic acids is 1. The molecule has 1 aromatic carbocycles. The molecule has 5 nitrogen and oxygen atoms in total. The number of hydrogen-bond donors (Lipinski definition) is 0. The molecule has 1 rings (SSSR count). The lowest BCUT2D eigenvalue weighted by molar-refractivity contribution is -0.143. The number of esters is 1. The van der Waals surface area contributed by atoms with Crippen molar-refractivity contribution >= 4 is 39.2 Å². The van der Waals surface area contributed by atoms with E-state index in [1.807, 2.05) is 0 Å². The van der Waals surface area contributed by atoms with Crippen LogP contribution in [0.4, 0.5) is 0 Å². The molecule has 0 aliphatic heterocycles. The second kappa shape index (κ2) is 7.45. The summed E-state index contributed by atoms with van der Waals surface area (Å²) < 4.78 is 31.2. The van der Waals surface area contributed by atoms with Gasteiger partial charge in [-0.25, -0.2) is 8.42 Å². The van der Waals surface area contributed by atoms with Crippen molar-refractivity contribution in [1.29, 1.82) is 0 Å². The molecule has 0 atom stereocenters. The molecular weight excluding hydrogens is 337 g/mol. The predicted octanol–water partition coefficient (Wildman–Crippen LogP) is 2.96. The monoisotopic (exact) mass is 353 g/mol. The number of hydrogen-bond acceptors (Lipinski definition) is 4. The highest BCUT2D eigenvalue weighted by molar-refractivity contribution is 7.89. The Morgan fingerprint density at radius 2 is 1.95 bits per heavy atom. The molecule has 0 saturated heterocycles. The summed E-state index contributed by atoms with van der Waals surface area (Å²) in [7, 11) is -3.95. The van der Waals surface area contributed by atoms with Crippen molar-refractivity contribution < 1.29 is 17.9 Å². The Bertz CT molecular complexity index is 617. The van der Waals surface area contributed by atoms with Gasteiger partial charge in [-0.1, -0.05) is 23.2 Å². The zero-order valence-electron chi connectivity index (χ0n) is 12.0. The van der Waals surface area contributed by atoms with Gasteiger partial charge in [0.15, 0.2) is 0 Å². The lowest BCUT2D eigenvalue weighted by Crippen LogP contribution is -2.41. The van der Waals surface area contributed by atoms with Gasteiger partial charge in [0.05, 0.1) is 11.6 Å². The fraction of sp³-hybridized carbons (Fsp3) is 0.462. The molecule has 0 amide bonds. The molecule has 0 aromatic heterocycles. The first-order valence-electron chi connectivity index (χ1n) is 6.32. The van der Waals surface area contributed by atoms with Gasteiger partial charge in [0.2, 0.25) is 10.0 Å². The van der Waals surface area contributed by atoms with Crippen LogP contribution in [0.15, 0.2) is 23.1 Å². The summed E-state index contributed by atoms with van der Waals surface area (Å²) in [5, 5.41) is 0.298. The first kappa shape index (κ1) is 18.2. The van der Waals surface area contributed by atoms with Crippen molar-refractivity contribution in [3.05, 3.63) is 28.2 Å². The molecule has 0 fully saturated rings. The fourth-order valence-corrected chi connectivity index (χ4v) is 4.00. The lowest BCUT2D eigenvalue weighted by atomic mass is 10.4. The van der Waals surface area contributed by atoms with Gasteiger partial charge in [-0.05, 0) is 39.0 Å². The highest BCUT2D eigenvalue weighted by Crippen LogP contribution is 2.28. The average molecular weight is 354 g/mol. The van der Waals surface area contributed by atoms with E-state index in [4.69, 9.17) is 27.9 Å². The van der Waals surface area contributed by atoms with E-state index in [0.717, 1.165) is 4.31 Å². The highest BCUT2D eigenvalue weighted by atomic mass is 35.5. The third kappa shape index (κ3) is 4.57. The molecule has 0 aliphatic rings. The predicted molar refractivity (Wildman–Crippen MR) is 82.1 cm³/mol. The van der Waals surface area contributed by atoms with Crippen molar-refractivity contribution in [2.75, 3.05) is 13.2 Å². The molecule has 8 heteroatoms. The van der Waals surface area contributed by atoms with Gasteiger partial charge in [0, 0.05) is 11.1 Å². The van der Waals surface area contributed by atoms with Crippen molar-refractivity contribution in [3.63, 3.8) is 0 Å². The minimum atomic E-state index is -3.95. The highest BCUT2D eigenvalue weighted by Gasteiger charge is 2.31. The molecule has 0 spiro atoms. The summed E-state index contributed by atoms with van der Waals surface area (Å²) in [5.41, 5.74) is 0. The van der Waals surface area contributed by atoms with Gasteiger partial charge >= 0.3 is 5.97 Å². The van der Waals surface area contributed by atoms with Gasteiger partial charge in [-0.2, -0.15) is 4.31 Å². The maximum atomic E-state index is 12.7. The van der Waals surface area contributed by atoms with E-state index < -0.39 is 22.0 Å². The molecule has 1 aromatic rings. The normalized spacial score (nSPS) is 12.0. The van der Waals surface area contributed by atoms with Crippen molar-refractivity contribution in [3.8, 4) is 0 Å². The van der Waals surface area contributed by atoms with Crippen LogP contribution in [0.25, 0.3) is 0 Å². The first-order valence-corrected chi connectivity index (χ1v) is 8.52. The van der Waals surface area contributed by atoms with Gasteiger partial charge < -0.3 is 4.74 Å². The third-order valence-corrected chi connectivity index (χ3v) is 5.38. The number of nitrogens with zero attached hydrogens (tertiary/aromatic N) is 1. The summed E-state index contributed by atoms with van der Waals surface area (Å²) in [6, 6.07) is 3.72. The van der Waals surface area contributed by atoms with Crippen LogP contribution in [0.5, 0.6) is 0 Å². The summed E-state index contributed by atoms with van der Waals surface area (Å²) in [5.74, 6) is -0.618. The van der Waals surface area contributed by atoms with Gasteiger partial charge in [-0.15, -0.1) is 0 Å². The van der Waals surface area contributed by atoms with Gasteiger partial charge in [0.25, 0.3) is 0 Å². The van der Waals surface area contributed by atoms with Crippen LogP contribution in [-0.2, 0) is 19.6 Å². The Balaban J connectivity index is 3.22. The SMILES string of the molecule is CCOC(=O)CN(C(C)C)S(=O)(=O)c1cc(Cl)ccc1Cl. The summed E-state index contributed by atoms with van der Waals surface area (Å²) in [6.45, 7) is 4.78. The Morgan fingerprint density at radius 1 is 1.33 bits per heavy atom. The molecule has 118 valence electrons. The van der Waals surface area contributed by atoms with E-state index in [1.165, 1.54) is 18.2 Å². The molecular formula is C13H17Cl2NO4S. The van der Waals surface area contributed by atoms with E-state index in [9.17, 15) is 13.2 Å². The summed E-state index contributed by atoms with van der Waals surface area (Å²) in [6.07, 6.45) is 0. The second-order valence-corrected chi connectivity index (χ2v) is 7.23. The van der Waals surface area contributed by atoms with Crippen LogP contribution in [0.2, 0.25) is 10.0 Å².